The van der Waals surface area contributed by atoms with Crippen molar-refractivity contribution >= 4 is 6.09 Å². The molecule has 0 aliphatic carbocycles. The zero-order valence-corrected chi connectivity index (χ0v) is 13.8. The molecule has 0 radical (unpaired) electrons. The van der Waals surface area contributed by atoms with Crippen molar-refractivity contribution in [2.45, 2.75) is 64.8 Å². The first-order valence-electron chi connectivity index (χ1n) is 7.77. The Kier molecular flexibility index (Phi) is 6.52. The fourth-order valence-electron chi connectivity index (χ4n) is 2.86. The van der Waals surface area contributed by atoms with Crippen LogP contribution in [0.4, 0.5) is 18.0 Å². The first-order chi connectivity index (χ1) is 9.98. The summed E-state index contributed by atoms with van der Waals surface area (Å²) in [7, 11) is 0. The Morgan fingerprint density at radius 3 is 2.41 bits per heavy atom. The van der Waals surface area contributed by atoms with Crippen LogP contribution in [0.5, 0.6) is 0 Å². The highest BCUT2D eigenvalue weighted by molar-refractivity contribution is 5.68. The van der Waals surface area contributed by atoms with E-state index in [1.807, 2.05) is 11.8 Å². The normalized spacial score (nSPS) is 24.1. The van der Waals surface area contributed by atoms with E-state index < -0.39 is 30.2 Å². The molecule has 1 amide bonds. The first-order valence-corrected chi connectivity index (χ1v) is 7.77. The number of hydrogen-bond acceptors (Lipinski definition) is 3. The smallest absolute Gasteiger partial charge is 0.407 e. The second-order valence-corrected chi connectivity index (χ2v) is 7.02. The van der Waals surface area contributed by atoms with Crippen molar-refractivity contribution < 1.29 is 22.7 Å². The summed E-state index contributed by atoms with van der Waals surface area (Å²) in [4.78, 5) is 13.8. The predicted octanol–water partition coefficient (Wildman–Crippen LogP) is 3.56. The number of nitrogens with one attached hydrogen (secondary N) is 1. The molecule has 1 heterocycles. The van der Waals surface area contributed by atoms with Crippen molar-refractivity contribution in [2.24, 2.45) is 5.92 Å². The number of carbonyl (C=O) groups excluding carboxylic acids is 1. The van der Waals surface area contributed by atoms with Gasteiger partial charge in [0, 0.05) is 25.6 Å². The molecule has 0 saturated carbocycles. The monoisotopic (exact) mass is 324 g/mol. The van der Waals surface area contributed by atoms with Crippen molar-refractivity contribution in [3.63, 3.8) is 0 Å². The molecule has 130 valence electrons. The van der Waals surface area contributed by atoms with Crippen molar-refractivity contribution in [3.8, 4) is 0 Å². The SMILES string of the molecule is CCCN1CC(CC(F)(F)F)CC(NC(=O)OC(C)(C)C)C1. The number of rotatable bonds is 4. The highest BCUT2D eigenvalue weighted by atomic mass is 19.4. The topological polar surface area (TPSA) is 41.6 Å². The van der Waals surface area contributed by atoms with Gasteiger partial charge in [-0.05, 0) is 46.1 Å². The van der Waals surface area contributed by atoms with Crippen molar-refractivity contribution in [1.29, 1.82) is 0 Å². The third kappa shape index (κ3) is 7.87. The Bertz CT molecular complexity index is 367. The average Bonchev–Trinajstić information content (AvgIpc) is 2.22. The lowest BCUT2D eigenvalue weighted by atomic mass is 9.91. The molecule has 4 nitrogen and oxygen atoms in total. The molecule has 0 spiro atoms. The highest BCUT2D eigenvalue weighted by Gasteiger charge is 2.37. The van der Waals surface area contributed by atoms with Gasteiger partial charge in [0.1, 0.15) is 5.60 Å². The molecular weight excluding hydrogens is 297 g/mol. The second-order valence-electron chi connectivity index (χ2n) is 7.02. The van der Waals surface area contributed by atoms with E-state index in [9.17, 15) is 18.0 Å². The molecular formula is C15H27F3N2O2. The summed E-state index contributed by atoms with van der Waals surface area (Å²) in [5.41, 5.74) is -0.618. The minimum Gasteiger partial charge on any atom is -0.444 e. The van der Waals surface area contributed by atoms with Gasteiger partial charge in [0.25, 0.3) is 0 Å². The highest BCUT2D eigenvalue weighted by Crippen LogP contribution is 2.30. The lowest BCUT2D eigenvalue weighted by Gasteiger charge is -2.38. The number of amides is 1. The summed E-state index contributed by atoms with van der Waals surface area (Å²) < 4.78 is 43.1. The van der Waals surface area contributed by atoms with Gasteiger partial charge in [-0.3, -0.25) is 0 Å². The van der Waals surface area contributed by atoms with Crippen LogP contribution in [0.3, 0.4) is 0 Å². The van der Waals surface area contributed by atoms with Gasteiger partial charge in [0.15, 0.2) is 0 Å². The standard InChI is InChI=1S/C15H27F3N2O2/c1-5-6-20-9-11(8-15(16,17)18)7-12(10-20)19-13(21)22-14(2,3)4/h11-12H,5-10H2,1-4H3,(H,19,21). The van der Waals surface area contributed by atoms with Crippen LogP contribution in [0.2, 0.25) is 0 Å². The van der Waals surface area contributed by atoms with E-state index in [4.69, 9.17) is 4.74 Å². The molecule has 0 aromatic heterocycles. The quantitative estimate of drug-likeness (QED) is 0.859. The van der Waals surface area contributed by atoms with Crippen LogP contribution in [0, 0.1) is 5.92 Å². The average molecular weight is 324 g/mol. The molecule has 22 heavy (non-hydrogen) atoms. The number of hydrogen-bond donors (Lipinski definition) is 1. The third-order valence-corrected chi connectivity index (χ3v) is 3.39. The zero-order valence-electron chi connectivity index (χ0n) is 13.8. The summed E-state index contributed by atoms with van der Waals surface area (Å²) >= 11 is 0. The number of alkyl carbamates (subject to hydrolysis) is 1. The zero-order chi connectivity index (χ0) is 17.0. The van der Waals surface area contributed by atoms with Crippen LogP contribution >= 0.6 is 0 Å². The molecule has 1 rings (SSSR count). The van der Waals surface area contributed by atoms with Gasteiger partial charge in [-0.2, -0.15) is 13.2 Å². The maximum absolute atomic E-state index is 12.6. The first kappa shape index (κ1) is 19.1. The van der Waals surface area contributed by atoms with E-state index in [1.165, 1.54) is 0 Å². The molecule has 1 N–H and O–H groups in total. The Balaban J connectivity index is 2.62. The fourth-order valence-corrected chi connectivity index (χ4v) is 2.86. The van der Waals surface area contributed by atoms with E-state index in [0.29, 0.717) is 19.5 Å². The predicted molar refractivity (Wildman–Crippen MR) is 78.7 cm³/mol. The van der Waals surface area contributed by atoms with Crippen LogP contribution in [0.15, 0.2) is 0 Å². The molecule has 2 atom stereocenters. The van der Waals surface area contributed by atoms with Gasteiger partial charge < -0.3 is 15.0 Å². The van der Waals surface area contributed by atoms with Crippen LogP contribution in [-0.2, 0) is 4.74 Å². The molecule has 2 unspecified atom stereocenters. The molecule has 0 aromatic carbocycles. The van der Waals surface area contributed by atoms with Crippen LogP contribution in [0.1, 0.15) is 47.0 Å². The number of alkyl halides is 3. The minimum atomic E-state index is -4.17. The number of likely N-dealkylation sites (tertiary alicyclic amines) is 1. The molecule has 1 aliphatic heterocycles. The Morgan fingerprint density at radius 1 is 1.27 bits per heavy atom. The fraction of sp³-hybridized carbons (Fsp3) is 0.933. The number of nitrogens with zero attached hydrogens (tertiary/aromatic N) is 1. The Morgan fingerprint density at radius 2 is 1.91 bits per heavy atom. The summed E-state index contributed by atoms with van der Waals surface area (Å²) in [5.74, 6) is -0.486. The summed E-state index contributed by atoms with van der Waals surface area (Å²) in [5, 5.41) is 2.71. The van der Waals surface area contributed by atoms with Gasteiger partial charge in [-0.1, -0.05) is 6.92 Å². The Hall–Kier alpha value is -0.980. The maximum Gasteiger partial charge on any atom is 0.407 e. The van der Waals surface area contributed by atoms with Gasteiger partial charge in [0.2, 0.25) is 0 Å². The van der Waals surface area contributed by atoms with E-state index in [2.05, 4.69) is 5.32 Å². The Labute approximate surface area is 130 Å². The molecule has 1 saturated heterocycles. The maximum atomic E-state index is 12.6. The van der Waals surface area contributed by atoms with Crippen molar-refractivity contribution in [2.75, 3.05) is 19.6 Å². The van der Waals surface area contributed by atoms with Gasteiger partial charge in [-0.25, -0.2) is 4.79 Å². The van der Waals surface area contributed by atoms with E-state index >= 15 is 0 Å². The van der Waals surface area contributed by atoms with Crippen molar-refractivity contribution in [1.82, 2.24) is 10.2 Å². The van der Waals surface area contributed by atoms with E-state index in [1.54, 1.807) is 20.8 Å². The van der Waals surface area contributed by atoms with Gasteiger partial charge in [0.05, 0.1) is 0 Å². The minimum absolute atomic E-state index is 0.303. The van der Waals surface area contributed by atoms with Crippen molar-refractivity contribution in [3.05, 3.63) is 0 Å². The molecule has 0 aromatic rings. The number of carbonyl (C=O) groups is 1. The van der Waals surface area contributed by atoms with Gasteiger partial charge in [-0.15, -0.1) is 0 Å². The second kappa shape index (κ2) is 7.53. The lowest BCUT2D eigenvalue weighted by molar-refractivity contribution is -0.148. The number of halogens is 3. The molecule has 1 aliphatic rings. The largest absolute Gasteiger partial charge is 0.444 e. The van der Waals surface area contributed by atoms with Gasteiger partial charge >= 0.3 is 12.3 Å². The van der Waals surface area contributed by atoms with Crippen LogP contribution in [-0.4, -0.2) is 48.4 Å². The summed E-state index contributed by atoms with van der Waals surface area (Å²) in [6.45, 7) is 8.99. The number of ether oxygens (including phenoxy) is 1. The van der Waals surface area contributed by atoms with Crippen LogP contribution in [0.25, 0.3) is 0 Å². The summed E-state index contributed by atoms with van der Waals surface area (Å²) in [6.07, 6.45) is -4.34. The molecule has 0 bridgehead atoms. The lowest BCUT2D eigenvalue weighted by Crippen LogP contribution is -2.52. The molecule has 7 heteroatoms. The number of piperidine rings is 1. The van der Waals surface area contributed by atoms with E-state index in [-0.39, 0.29) is 6.04 Å². The summed E-state index contributed by atoms with van der Waals surface area (Å²) in [6, 6.07) is -0.303. The molecule has 1 fully saturated rings. The van der Waals surface area contributed by atoms with Crippen LogP contribution < -0.4 is 5.32 Å². The third-order valence-electron chi connectivity index (χ3n) is 3.39. The van der Waals surface area contributed by atoms with E-state index in [0.717, 1.165) is 13.0 Å².